The number of nitrogens with zero attached hydrogens (tertiary/aromatic N) is 2. The lowest BCUT2D eigenvalue weighted by molar-refractivity contribution is -0.145. The predicted octanol–water partition coefficient (Wildman–Crippen LogP) is 2.87. The third kappa shape index (κ3) is 5.02. The van der Waals surface area contributed by atoms with Gasteiger partial charge in [-0.15, -0.1) is 0 Å². The van der Waals surface area contributed by atoms with Gasteiger partial charge in [0, 0.05) is 12.4 Å². The molecular weight excluding hydrogens is 426 g/mol. The van der Waals surface area contributed by atoms with Crippen molar-refractivity contribution in [2.45, 2.75) is 19.4 Å². The number of carbonyl (C=O) groups excluding carboxylic acids is 2. The average molecular weight is 444 g/mol. The summed E-state index contributed by atoms with van der Waals surface area (Å²) < 4.78 is 5.67. The maximum Gasteiger partial charge on any atom is 0.344 e. The Bertz CT molecular complexity index is 1030. The number of pyridine rings is 1. The lowest BCUT2D eigenvalue weighted by atomic mass is 10.2. The van der Waals surface area contributed by atoms with E-state index in [-0.39, 0.29) is 4.32 Å². The lowest BCUT2D eigenvalue weighted by Gasteiger charge is -2.15. The quantitative estimate of drug-likeness (QED) is 0.497. The molecule has 3 rings (SSSR count). The van der Waals surface area contributed by atoms with Crippen molar-refractivity contribution in [2.75, 3.05) is 0 Å². The first-order chi connectivity index (χ1) is 14.4. The smallest absolute Gasteiger partial charge is 0.344 e. The molecule has 8 nitrogen and oxygen atoms in total. The number of thiocarbonyl (C=S) groups is 1. The predicted molar refractivity (Wildman–Crippen MR) is 116 cm³/mol. The van der Waals surface area contributed by atoms with Crippen molar-refractivity contribution < 1.29 is 24.2 Å². The van der Waals surface area contributed by atoms with Crippen LogP contribution in [0.25, 0.3) is 6.08 Å². The first-order valence-electron chi connectivity index (χ1n) is 8.87. The van der Waals surface area contributed by atoms with Crippen molar-refractivity contribution in [1.82, 2.24) is 15.4 Å². The summed E-state index contributed by atoms with van der Waals surface area (Å²) in [5.74, 6) is -1.65. The molecule has 1 aromatic heterocycles. The largest absolute Gasteiger partial charge is 0.479 e. The molecule has 1 saturated heterocycles. The molecule has 1 atom stereocenters. The summed E-state index contributed by atoms with van der Waals surface area (Å²) in [6.45, 7) is 1.72. The van der Waals surface area contributed by atoms with E-state index in [0.717, 1.165) is 16.8 Å². The third-order valence-corrected chi connectivity index (χ3v) is 5.31. The van der Waals surface area contributed by atoms with Crippen LogP contribution in [0.15, 0.2) is 53.7 Å². The van der Waals surface area contributed by atoms with Gasteiger partial charge in [0.2, 0.25) is 0 Å². The van der Waals surface area contributed by atoms with Crippen LogP contribution in [0.5, 0.6) is 5.75 Å². The molecule has 1 aliphatic rings. The van der Waals surface area contributed by atoms with E-state index < -0.39 is 23.9 Å². The van der Waals surface area contributed by atoms with Crippen molar-refractivity contribution in [3.63, 3.8) is 0 Å². The van der Waals surface area contributed by atoms with Gasteiger partial charge in [-0.05, 0) is 54.5 Å². The second kappa shape index (κ2) is 9.51. The van der Waals surface area contributed by atoms with E-state index in [4.69, 9.17) is 22.1 Å². The number of aliphatic carboxylic acids is 1. The zero-order chi connectivity index (χ0) is 21.7. The molecule has 30 heavy (non-hydrogen) atoms. The topological polar surface area (TPSA) is 109 Å². The van der Waals surface area contributed by atoms with Gasteiger partial charge >= 0.3 is 5.97 Å². The average Bonchev–Trinajstić information content (AvgIpc) is 3.00. The number of benzene rings is 1. The normalized spacial score (nSPS) is 15.9. The van der Waals surface area contributed by atoms with Crippen LogP contribution < -0.4 is 10.2 Å². The first kappa shape index (κ1) is 21.5. The molecule has 0 saturated carbocycles. The van der Waals surface area contributed by atoms with Gasteiger partial charge in [-0.25, -0.2) is 4.79 Å². The van der Waals surface area contributed by atoms with Gasteiger partial charge in [-0.2, -0.15) is 5.01 Å². The van der Waals surface area contributed by atoms with E-state index in [0.29, 0.717) is 28.2 Å². The fraction of sp³-hybridized carbons (Fsp3) is 0.150. The molecule has 1 aromatic carbocycles. The molecule has 0 bridgehead atoms. The monoisotopic (exact) mass is 443 g/mol. The second-order valence-corrected chi connectivity index (χ2v) is 7.80. The van der Waals surface area contributed by atoms with Gasteiger partial charge in [0.15, 0.2) is 10.4 Å². The van der Waals surface area contributed by atoms with E-state index in [1.54, 1.807) is 49.4 Å². The highest BCUT2D eigenvalue weighted by Gasteiger charge is 2.33. The van der Waals surface area contributed by atoms with Crippen LogP contribution in [0.4, 0.5) is 0 Å². The Kier molecular flexibility index (Phi) is 6.80. The lowest BCUT2D eigenvalue weighted by Crippen LogP contribution is -2.44. The number of carbonyl (C=O) groups is 3. The number of hydrazine groups is 1. The van der Waals surface area contributed by atoms with Gasteiger partial charge in [-0.1, -0.05) is 30.8 Å². The highest BCUT2D eigenvalue weighted by Crippen LogP contribution is 2.32. The van der Waals surface area contributed by atoms with Crippen LogP contribution in [0.2, 0.25) is 0 Å². The summed E-state index contributed by atoms with van der Waals surface area (Å²) in [5.41, 5.74) is 3.41. The maximum absolute atomic E-state index is 12.7. The van der Waals surface area contributed by atoms with Crippen LogP contribution in [-0.4, -0.2) is 43.3 Å². The van der Waals surface area contributed by atoms with E-state index in [1.807, 2.05) is 0 Å². The zero-order valence-electron chi connectivity index (χ0n) is 15.8. The Balaban J connectivity index is 1.74. The van der Waals surface area contributed by atoms with E-state index in [1.165, 1.54) is 12.4 Å². The number of amides is 2. The Morgan fingerprint density at radius 1 is 1.37 bits per heavy atom. The molecule has 0 spiro atoms. The number of carboxylic acid groups (broad SMARTS) is 1. The summed E-state index contributed by atoms with van der Waals surface area (Å²) >= 11 is 6.26. The minimum atomic E-state index is -1.05. The van der Waals surface area contributed by atoms with Crippen LogP contribution in [0, 0.1) is 0 Å². The van der Waals surface area contributed by atoms with Crippen molar-refractivity contribution in [2.24, 2.45) is 0 Å². The molecule has 2 heterocycles. The van der Waals surface area contributed by atoms with E-state index in [2.05, 4.69) is 10.4 Å². The number of carboxylic acids is 1. The van der Waals surface area contributed by atoms with Gasteiger partial charge in [0.05, 0.1) is 10.5 Å². The van der Waals surface area contributed by atoms with Crippen LogP contribution in [0.1, 0.15) is 29.3 Å². The molecule has 2 aromatic rings. The van der Waals surface area contributed by atoms with Crippen LogP contribution in [-0.2, 0) is 9.59 Å². The molecule has 2 N–H and O–H groups in total. The number of hydrogen-bond acceptors (Lipinski definition) is 7. The number of hydrogen-bond donors (Lipinski definition) is 2. The Labute approximate surface area is 181 Å². The zero-order valence-corrected chi connectivity index (χ0v) is 17.4. The van der Waals surface area contributed by atoms with Gasteiger partial charge in [0.1, 0.15) is 5.75 Å². The number of thioether (sulfide) groups is 1. The SMILES string of the molecule is CCC(Oc1cccc(/C=C2/SC(=S)N(NC(=O)c3cccnc3)C2=O)c1)C(=O)O. The molecular formula is C20H17N3O5S2. The molecule has 0 radical (unpaired) electrons. The number of ether oxygens (including phenoxy) is 1. The fourth-order valence-corrected chi connectivity index (χ4v) is 3.71. The minimum absolute atomic E-state index is 0.188. The Morgan fingerprint density at radius 3 is 2.83 bits per heavy atom. The maximum atomic E-state index is 12.7. The van der Waals surface area contributed by atoms with E-state index >= 15 is 0 Å². The number of nitrogens with one attached hydrogen (secondary N) is 1. The van der Waals surface area contributed by atoms with Crippen molar-refractivity contribution in [1.29, 1.82) is 0 Å². The third-order valence-electron chi connectivity index (χ3n) is 4.01. The van der Waals surface area contributed by atoms with Crippen molar-refractivity contribution in [3.05, 3.63) is 64.8 Å². The second-order valence-electron chi connectivity index (χ2n) is 6.13. The van der Waals surface area contributed by atoms with E-state index in [9.17, 15) is 14.4 Å². The highest BCUT2D eigenvalue weighted by atomic mass is 32.2. The van der Waals surface area contributed by atoms with Crippen molar-refractivity contribution in [3.8, 4) is 5.75 Å². The molecule has 0 aliphatic carbocycles. The molecule has 1 aliphatic heterocycles. The summed E-state index contributed by atoms with van der Waals surface area (Å²) in [4.78, 5) is 40.3. The van der Waals surface area contributed by atoms with Crippen molar-refractivity contribution >= 4 is 52.2 Å². The summed E-state index contributed by atoms with van der Waals surface area (Å²) in [6, 6.07) is 9.90. The summed E-state index contributed by atoms with van der Waals surface area (Å²) in [7, 11) is 0. The Hall–Kier alpha value is -3.24. The Morgan fingerprint density at radius 2 is 2.17 bits per heavy atom. The fourth-order valence-electron chi connectivity index (χ4n) is 2.53. The van der Waals surface area contributed by atoms with Gasteiger partial charge in [-0.3, -0.25) is 20.0 Å². The summed E-state index contributed by atoms with van der Waals surface area (Å²) in [6.07, 6.45) is 3.88. The molecule has 1 fully saturated rings. The van der Waals surface area contributed by atoms with Gasteiger partial charge < -0.3 is 9.84 Å². The number of aromatic nitrogens is 1. The summed E-state index contributed by atoms with van der Waals surface area (Å²) in [5, 5.41) is 10.2. The van der Waals surface area contributed by atoms with Crippen LogP contribution in [0.3, 0.4) is 0 Å². The number of rotatable bonds is 7. The van der Waals surface area contributed by atoms with Gasteiger partial charge in [0.25, 0.3) is 11.8 Å². The molecule has 1 unspecified atom stereocenters. The molecule has 10 heteroatoms. The highest BCUT2D eigenvalue weighted by molar-refractivity contribution is 8.26. The first-order valence-corrected chi connectivity index (χ1v) is 10.1. The molecule has 154 valence electrons. The molecule has 2 amide bonds. The standard InChI is InChI=1S/C20H17N3O5S2/c1-2-15(19(26)27)28-14-7-3-5-12(9-14)10-16-18(25)23(20(29)30-16)22-17(24)13-6-4-8-21-11-13/h3-11,15H,2H2,1H3,(H,22,24)(H,26,27)/b16-10+. The minimum Gasteiger partial charge on any atom is -0.479 e. The van der Waals surface area contributed by atoms with Crippen LogP contribution >= 0.6 is 24.0 Å².